The van der Waals surface area contributed by atoms with Gasteiger partial charge in [-0.3, -0.25) is 4.18 Å². The molecule has 0 saturated heterocycles. The third-order valence-electron chi connectivity index (χ3n) is 1.77. The van der Waals surface area contributed by atoms with Crippen molar-refractivity contribution in [1.82, 2.24) is 0 Å². The summed E-state index contributed by atoms with van der Waals surface area (Å²) in [6.07, 6.45) is 2.48. The lowest BCUT2D eigenvalue weighted by Crippen LogP contribution is -2.02. The van der Waals surface area contributed by atoms with Crippen molar-refractivity contribution in [2.45, 2.75) is 4.90 Å². The first-order valence-corrected chi connectivity index (χ1v) is 5.56. The summed E-state index contributed by atoms with van der Waals surface area (Å²) in [6.45, 7) is 0. The molecule has 8 heteroatoms. The van der Waals surface area contributed by atoms with Gasteiger partial charge >= 0.3 is 0 Å². The first-order valence-electron chi connectivity index (χ1n) is 4.15. The summed E-state index contributed by atoms with van der Waals surface area (Å²) in [5.74, 6) is 0. The molecule has 0 aliphatic carbocycles. The number of aliphatic imine (C=N–C) groups is 2. The molecular formula is C9H6N2O5S. The van der Waals surface area contributed by atoms with E-state index < -0.39 is 10.1 Å². The molecule has 17 heavy (non-hydrogen) atoms. The number of benzene rings is 1. The van der Waals surface area contributed by atoms with Gasteiger partial charge in [0.05, 0.1) is 18.5 Å². The van der Waals surface area contributed by atoms with Gasteiger partial charge in [-0.2, -0.15) is 18.4 Å². The summed E-state index contributed by atoms with van der Waals surface area (Å²) in [4.78, 5) is 26.3. The van der Waals surface area contributed by atoms with Crippen LogP contribution in [0.4, 0.5) is 11.4 Å². The molecule has 0 aliphatic heterocycles. The summed E-state index contributed by atoms with van der Waals surface area (Å²) >= 11 is 0. The lowest BCUT2D eigenvalue weighted by Gasteiger charge is -2.04. The summed E-state index contributed by atoms with van der Waals surface area (Å²) in [7, 11) is -3.10. The van der Waals surface area contributed by atoms with Crippen LogP contribution in [0.25, 0.3) is 0 Å². The highest BCUT2D eigenvalue weighted by molar-refractivity contribution is 7.87. The smallest absolute Gasteiger partial charge is 0.270 e. The van der Waals surface area contributed by atoms with Crippen molar-refractivity contribution in [3.63, 3.8) is 0 Å². The Morgan fingerprint density at radius 2 is 1.82 bits per heavy atom. The number of nitrogens with zero attached hydrogens (tertiary/aromatic N) is 2. The van der Waals surface area contributed by atoms with Gasteiger partial charge in [0.25, 0.3) is 10.1 Å². The van der Waals surface area contributed by atoms with Crippen LogP contribution in [0.15, 0.2) is 33.1 Å². The molecule has 7 nitrogen and oxygen atoms in total. The Morgan fingerprint density at radius 3 is 2.35 bits per heavy atom. The van der Waals surface area contributed by atoms with Gasteiger partial charge in [-0.1, -0.05) is 0 Å². The molecule has 0 amide bonds. The average molecular weight is 254 g/mol. The molecule has 0 atom stereocenters. The number of carbonyl (C=O) groups excluding carboxylic acids is 2. The van der Waals surface area contributed by atoms with Gasteiger partial charge in [0, 0.05) is 0 Å². The standard InChI is InChI=1S/C9H6N2O5S/c1-16-17(14,15)9-4-7(10-5-12)2-3-8(9)11-6-13/h2-4H,1H3. The van der Waals surface area contributed by atoms with Gasteiger partial charge in [-0.25, -0.2) is 9.59 Å². The fourth-order valence-corrected chi connectivity index (χ4v) is 1.87. The fraction of sp³-hybridized carbons (Fsp3) is 0.111. The van der Waals surface area contributed by atoms with Crippen molar-refractivity contribution in [2.75, 3.05) is 7.11 Å². The second kappa shape index (κ2) is 5.29. The van der Waals surface area contributed by atoms with Gasteiger partial charge in [0.1, 0.15) is 4.90 Å². The van der Waals surface area contributed by atoms with Crippen LogP contribution in [0.5, 0.6) is 0 Å². The van der Waals surface area contributed by atoms with Crippen LogP contribution in [0, 0.1) is 0 Å². The van der Waals surface area contributed by atoms with Crippen LogP contribution >= 0.6 is 0 Å². The van der Waals surface area contributed by atoms with Crippen LogP contribution in [-0.2, 0) is 23.9 Å². The van der Waals surface area contributed by atoms with Crippen molar-refractivity contribution in [3.8, 4) is 0 Å². The zero-order chi connectivity index (χ0) is 12.9. The molecule has 0 bridgehead atoms. The van der Waals surface area contributed by atoms with Crippen LogP contribution in [0.1, 0.15) is 0 Å². The Morgan fingerprint density at radius 1 is 1.18 bits per heavy atom. The largest absolute Gasteiger partial charge is 0.298 e. The van der Waals surface area contributed by atoms with E-state index >= 15 is 0 Å². The van der Waals surface area contributed by atoms with E-state index in [1.54, 1.807) is 0 Å². The molecule has 0 spiro atoms. The molecule has 0 N–H and O–H groups in total. The van der Waals surface area contributed by atoms with Crippen LogP contribution in [0.2, 0.25) is 0 Å². The molecule has 0 aromatic heterocycles. The van der Waals surface area contributed by atoms with Crippen molar-refractivity contribution < 1.29 is 22.2 Å². The van der Waals surface area contributed by atoms with Gasteiger partial charge < -0.3 is 0 Å². The molecule has 0 heterocycles. The minimum absolute atomic E-state index is 0.0560. The number of hydrogen-bond acceptors (Lipinski definition) is 7. The Bertz CT molecular complexity index is 625. The lowest BCUT2D eigenvalue weighted by molar-refractivity contribution is 0.398. The highest BCUT2D eigenvalue weighted by Gasteiger charge is 2.18. The van der Waals surface area contributed by atoms with Crippen LogP contribution < -0.4 is 0 Å². The molecule has 0 unspecified atom stereocenters. The van der Waals surface area contributed by atoms with Crippen LogP contribution in [-0.4, -0.2) is 27.7 Å². The minimum atomic E-state index is -4.05. The topological polar surface area (TPSA) is 102 Å². The van der Waals surface area contributed by atoms with Crippen molar-refractivity contribution in [1.29, 1.82) is 0 Å². The second-order valence-corrected chi connectivity index (χ2v) is 4.36. The summed E-state index contributed by atoms with van der Waals surface area (Å²) < 4.78 is 27.3. The lowest BCUT2D eigenvalue weighted by atomic mass is 10.3. The van der Waals surface area contributed by atoms with E-state index in [1.165, 1.54) is 24.3 Å². The highest BCUT2D eigenvalue weighted by Crippen LogP contribution is 2.29. The number of rotatable bonds is 4. The SMILES string of the molecule is COS(=O)(=O)c1cc(N=C=O)ccc1N=C=O. The fourth-order valence-electron chi connectivity index (χ4n) is 1.06. The van der Waals surface area contributed by atoms with E-state index in [1.807, 2.05) is 0 Å². The molecule has 0 aliphatic rings. The van der Waals surface area contributed by atoms with Crippen molar-refractivity contribution in [3.05, 3.63) is 18.2 Å². The maximum atomic E-state index is 11.5. The monoisotopic (exact) mass is 254 g/mol. The summed E-state index contributed by atoms with van der Waals surface area (Å²) in [6, 6.07) is 3.54. The quantitative estimate of drug-likeness (QED) is 0.452. The second-order valence-electron chi connectivity index (χ2n) is 2.68. The van der Waals surface area contributed by atoms with Gasteiger partial charge in [-0.15, -0.1) is 0 Å². The predicted octanol–water partition coefficient (Wildman–Crippen LogP) is 0.956. The molecule has 0 saturated carbocycles. The molecule has 1 rings (SSSR count). The number of isocyanates is 2. The summed E-state index contributed by atoms with van der Waals surface area (Å²) in [5, 5.41) is 0. The Labute approximate surface area is 96.6 Å². The first kappa shape index (κ1) is 13.0. The maximum absolute atomic E-state index is 11.5. The zero-order valence-electron chi connectivity index (χ0n) is 8.58. The maximum Gasteiger partial charge on any atom is 0.298 e. The highest BCUT2D eigenvalue weighted by atomic mass is 32.2. The Hall–Kier alpha value is -2.11. The molecule has 0 fully saturated rings. The van der Waals surface area contributed by atoms with Crippen molar-refractivity contribution in [2.24, 2.45) is 9.98 Å². The minimum Gasteiger partial charge on any atom is -0.270 e. The van der Waals surface area contributed by atoms with E-state index in [4.69, 9.17) is 0 Å². The molecule has 1 aromatic rings. The summed E-state index contributed by atoms with van der Waals surface area (Å²) in [5.41, 5.74) is -0.0906. The normalized spacial score (nSPS) is 10.2. The first-order chi connectivity index (χ1) is 8.05. The average Bonchev–Trinajstić information content (AvgIpc) is 2.31. The van der Waals surface area contributed by atoms with E-state index in [2.05, 4.69) is 14.2 Å². The van der Waals surface area contributed by atoms with Gasteiger partial charge in [0.2, 0.25) is 12.2 Å². The van der Waals surface area contributed by atoms with E-state index in [0.29, 0.717) is 0 Å². The van der Waals surface area contributed by atoms with Gasteiger partial charge in [0.15, 0.2) is 0 Å². The Kier molecular flexibility index (Phi) is 4.03. The third kappa shape index (κ3) is 2.93. The zero-order valence-corrected chi connectivity index (χ0v) is 9.39. The van der Waals surface area contributed by atoms with E-state index in [0.717, 1.165) is 13.2 Å². The molecule has 1 aromatic carbocycles. The van der Waals surface area contributed by atoms with Crippen LogP contribution in [0.3, 0.4) is 0 Å². The molecular weight excluding hydrogens is 248 g/mol. The molecule has 88 valence electrons. The van der Waals surface area contributed by atoms with E-state index in [9.17, 15) is 18.0 Å². The van der Waals surface area contributed by atoms with E-state index in [-0.39, 0.29) is 16.3 Å². The predicted molar refractivity (Wildman–Crippen MR) is 56.2 cm³/mol. The van der Waals surface area contributed by atoms with Crippen molar-refractivity contribution >= 4 is 33.7 Å². The molecule has 0 radical (unpaired) electrons. The van der Waals surface area contributed by atoms with Gasteiger partial charge in [-0.05, 0) is 18.2 Å². The number of hydrogen-bond donors (Lipinski definition) is 0. The third-order valence-corrected chi connectivity index (χ3v) is 3.08. The Balaban J connectivity index is 3.56.